The molecule has 0 heterocycles. The van der Waals surface area contributed by atoms with Gasteiger partial charge in [0.15, 0.2) is 0 Å². The zero-order chi connectivity index (χ0) is 12.1. The first kappa shape index (κ1) is 14.9. The molecule has 0 aromatic heterocycles. The standard InChI is InChI=1S/C13H29NO/c1-11(2)7-14(8-12(3)4)9-13(5,6)10-15/h11-12,15H,7-10H2,1-6H3. The van der Waals surface area contributed by atoms with E-state index in [-0.39, 0.29) is 12.0 Å². The van der Waals surface area contributed by atoms with Crippen molar-refractivity contribution in [2.45, 2.75) is 41.5 Å². The van der Waals surface area contributed by atoms with Gasteiger partial charge in [-0.05, 0) is 11.8 Å². The maximum absolute atomic E-state index is 9.28. The topological polar surface area (TPSA) is 23.5 Å². The molecule has 0 atom stereocenters. The van der Waals surface area contributed by atoms with E-state index in [9.17, 15) is 5.11 Å². The largest absolute Gasteiger partial charge is 0.396 e. The molecule has 1 N–H and O–H groups in total. The molecule has 0 aromatic rings. The van der Waals surface area contributed by atoms with Crippen molar-refractivity contribution in [3.63, 3.8) is 0 Å². The van der Waals surface area contributed by atoms with Gasteiger partial charge in [0, 0.05) is 31.7 Å². The Labute approximate surface area is 95.7 Å². The molecule has 0 radical (unpaired) electrons. The van der Waals surface area contributed by atoms with Crippen molar-refractivity contribution in [1.82, 2.24) is 4.90 Å². The smallest absolute Gasteiger partial charge is 0.0494 e. The predicted octanol–water partition coefficient (Wildman–Crippen LogP) is 2.62. The summed E-state index contributed by atoms with van der Waals surface area (Å²) < 4.78 is 0. The highest BCUT2D eigenvalue weighted by molar-refractivity contribution is 4.74. The van der Waals surface area contributed by atoms with Gasteiger partial charge in [0.05, 0.1) is 0 Å². The van der Waals surface area contributed by atoms with Gasteiger partial charge in [-0.25, -0.2) is 0 Å². The SMILES string of the molecule is CC(C)CN(CC(C)C)CC(C)(C)CO. The Morgan fingerprint density at radius 1 is 1.00 bits per heavy atom. The van der Waals surface area contributed by atoms with Crippen LogP contribution in [0.3, 0.4) is 0 Å². The summed E-state index contributed by atoms with van der Waals surface area (Å²) in [4.78, 5) is 2.48. The summed E-state index contributed by atoms with van der Waals surface area (Å²) in [7, 11) is 0. The van der Waals surface area contributed by atoms with Crippen LogP contribution in [0, 0.1) is 17.3 Å². The summed E-state index contributed by atoms with van der Waals surface area (Å²) in [6, 6.07) is 0. The molecule has 0 spiro atoms. The third kappa shape index (κ3) is 7.80. The molecule has 0 aliphatic carbocycles. The van der Waals surface area contributed by atoms with Crippen molar-refractivity contribution >= 4 is 0 Å². The lowest BCUT2D eigenvalue weighted by Gasteiger charge is -2.33. The molecule has 0 aliphatic heterocycles. The second kappa shape index (κ2) is 6.49. The van der Waals surface area contributed by atoms with Gasteiger partial charge in [0.1, 0.15) is 0 Å². The Balaban J connectivity index is 4.23. The minimum atomic E-state index is 0.0176. The van der Waals surface area contributed by atoms with Gasteiger partial charge < -0.3 is 10.0 Å². The highest BCUT2D eigenvalue weighted by Gasteiger charge is 2.21. The molecule has 0 aromatic carbocycles. The Morgan fingerprint density at radius 2 is 1.40 bits per heavy atom. The zero-order valence-corrected chi connectivity index (χ0v) is 11.4. The summed E-state index contributed by atoms with van der Waals surface area (Å²) in [5, 5.41) is 9.28. The van der Waals surface area contributed by atoms with Crippen molar-refractivity contribution in [3.8, 4) is 0 Å². The number of hydrogen-bond donors (Lipinski definition) is 1. The fraction of sp³-hybridized carbons (Fsp3) is 1.00. The van der Waals surface area contributed by atoms with E-state index in [0.717, 1.165) is 19.6 Å². The van der Waals surface area contributed by atoms with E-state index in [2.05, 4.69) is 46.4 Å². The summed E-state index contributed by atoms with van der Waals surface area (Å²) >= 11 is 0. The van der Waals surface area contributed by atoms with Crippen LogP contribution in [-0.4, -0.2) is 36.2 Å². The van der Waals surface area contributed by atoms with Crippen LogP contribution in [0.25, 0.3) is 0 Å². The summed E-state index contributed by atoms with van der Waals surface area (Å²) in [5.74, 6) is 1.39. The minimum Gasteiger partial charge on any atom is -0.396 e. The Morgan fingerprint density at radius 3 is 1.67 bits per heavy atom. The lowest BCUT2D eigenvalue weighted by molar-refractivity contribution is 0.0898. The number of hydrogen-bond acceptors (Lipinski definition) is 2. The molecule has 0 saturated heterocycles. The van der Waals surface area contributed by atoms with Crippen molar-refractivity contribution in [2.24, 2.45) is 17.3 Å². The molecule has 0 saturated carbocycles. The summed E-state index contributed by atoms with van der Waals surface area (Å²) in [5.41, 5.74) is 0.0176. The lowest BCUT2D eigenvalue weighted by atomic mass is 9.93. The first-order valence-electron chi connectivity index (χ1n) is 6.10. The number of rotatable bonds is 7. The second-order valence-corrected chi connectivity index (χ2v) is 6.30. The quantitative estimate of drug-likeness (QED) is 0.705. The van der Waals surface area contributed by atoms with Crippen LogP contribution in [0.15, 0.2) is 0 Å². The van der Waals surface area contributed by atoms with E-state index >= 15 is 0 Å². The molecule has 2 nitrogen and oxygen atoms in total. The van der Waals surface area contributed by atoms with Gasteiger partial charge in [0.2, 0.25) is 0 Å². The van der Waals surface area contributed by atoms with Gasteiger partial charge >= 0.3 is 0 Å². The van der Waals surface area contributed by atoms with Crippen LogP contribution in [-0.2, 0) is 0 Å². The van der Waals surface area contributed by atoms with Crippen molar-refractivity contribution in [3.05, 3.63) is 0 Å². The number of aliphatic hydroxyl groups excluding tert-OH is 1. The third-order valence-corrected chi connectivity index (χ3v) is 2.33. The number of nitrogens with zero attached hydrogens (tertiary/aromatic N) is 1. The molecule has 0 bridgehead atoms. The first-order valence-corrected chi connectivity index (χ1v) is 6.10. The van der Waals surface area contributed by atoms with E-state index in [4.69, 9.17) is 0 Å². The van der Waals surface area contributed by atoms with Gasteiger partial charge in [0.25, 0.3) is 0 Å². The van der Waals surface area contributed by atoms with E-state index < -0.39 is 0 Å². The molecule has 0 rings (SSSR count). The third-order valence-electron chi connectivity index (χ3n) is 2.33. The van der Waals surface area contributed by atoms with Crippen molar-refractivity contribution in [2.75, 3.05) is 26.2 Å². The Hall–Kier alpha value is -0.0800. The van der Waals surface area contributed by atoms with Crippen molar-refractivity contribution in [1.29, 1.82) is 0 Å². The molecule has 0 fully saturated rings. The minimum absolute atomic E-state index is 0.0176. The van der Waals surface area contributed by atoms with Crippen LogP contribution in [0.1, 0.15) is 41.5 Å². The van der Waals surface area contributed by atoms with Gasteiger partial charge in [-0.15, -0.1) is 0 Å². The molecule has 15 heavy (non-hydrogen) atoms. The normalized spacial score (nSPS) is 13.2. The van der Waals surface area contributed by atoms with Gasteiger partial charge in [-0.1, -0.05) is 41.5 Å². The van der Waals surface area contributed by atoms with Crippen LogP contribution in [0.2, 0.25) is 0 Å². The fourth-order valence-corrected chi connectivity index (χ4v) is 1.89. The maximum Gasteiger partial charge on any atom is 0.0494 e. The van der Waals surface area contributed by atoms with Crippen LogP contribution >= 0.6 is 0 Å². The molecule has 0 aliphatic rings. The molecule has 2 heteroatoms. The molecule has 92 valence electrons. The molecular formula is C13H29NO. The average molecular weight is 215 g/mol. The maximum atomic E-state index is 9.28. The fourth-order valence-electron chi connectivity index (χ4n) is 1.89. The average Bonchev–Trinajstić information content (AvgIpc) is 2.00. The van der Waals surface area contributed by atoms with E-state index in [0.29, 0.717) is 11.8 Å². The molecule has 0 amide bonds. The van der Waals surface area contributed by atoms with Crippen LogP contribution in [0.5, 0.6) is 0 Å². The summed E-state index contributed by atoms with van der Waals surface area (Å²) in [6.07, 6.45) is 0. The van der Waals surface area contributed by atoms with Crippen LogP contribution in [0.4, 0.5) is 0 Å². The highest BCUT2D eigenvalue weighted by atomic mass is 16.3. The highest BCUT2D eigenvalue weighted by Crippen LogP contribution is 2.17. The predicted molar refractivity (Wildman–Crippen MR) is 67.0 cm³/mol. The van der Waals surface area contributed by atoms with E-state index in [1.54, 1.807) is 0 Å². The summed E-state index contributed by atoms with van der Waals surface area (Å²) in [6.45, 7) is 16.8. The van der Waals surface area contributed by atoms with Gasteiger partial charge in [-0.2, -0.15) is 0 Å². The van der Waals surface area contributed by atoms with Crippen molar-refractivity contribution < 1.29 is 5.11 Å². The van der Waals surface area contributed by atoms with Crippen LogP contribution < -0.4 is 0 Å². The monoisotopic (exact) mass is 215 g/mol. The Bertz CT molecular complexity index is 154. The molecular weight excluding hydrogens is 186 g/mol. The Kier molecular flexibility index (Phi) is 6.46. The number of aliphatic hydroxyl groups is 1. The lowest BCUT2D eigenvalue weighted by Crippen LogP contribution is -2.40. The van der Waals surface area contributed by atoms with E-state index in [1.807, 2.05) is 0 Å². The first-order chi connectivity index (χ1) is 6.76. The van der Waals surface area contributed by atoms with Gasteiger partial charge in [-0.3, -0.25) is 0 Å². The zero-order valence-electron chi connectivity index (χ0n) is 11.4. The molecule has 0 unspecified atom stereocenters. The van der Waals surface area contributed by atoms with E-state index in [1.165, 1.54) is 0 Å². The second-order valence-electron chi connectivity index (χ2n) is 6.30.